The fraction of sp³-hybridized carbons (Fsp3) is 0.619. The molecule has 13 nitrogen and oxygen atoms in total. The number of hydrogen-bond donors (Lipinski definition) is 7. The Balaban J connectivity index is 3.09. The first-order chi connectivity index (χ1) is 15.9. The molecule has 0 saturated heterocycles. The van der Waals surface area contributed by atoms with Gasteiger partial charge in [0.15, 0.2) is 0 Å². The van der Waals surface area contributed by atoms with Gasteiger partial charge in [0, 0.05) is 18.3 Å². The number of amides is 3. The lowest BCUT2D eigenvalue weighted by Gasteiger charge is -2.26. The molecule has 3 amide bonds. The van der Waals surface area contributed by atoms with Gasteiger partial charge >= 0.3 is 11.9 Å². The molecule has 0 spiro atoms. The van der Waals surface area contributed by atoms with Crippen molar-refractivity contribution >= 4 is 29.7 Å². The van der Waals surface area contributed by atoms with E-state index in [1.807, 2.05) is 6.92 Å². The van der Waals surface area contributed by atoms with Crippen LogP contribution in [0.15, 0.2) is 12.5 Å². The summed E-state index contributed by atoms with van der Waals surface area (Å²) in [6.45, 7) is 6.80. The van der Waals surface area contributed by atoms with Gasteiger partial charge < -0.3 is 36.9 Å². The zero-order chi connectivity index (χ0) is 26.0. The fourth-order valence-corrected chi connectivity index (χ4v) is 3.03. The van der Waals surface area contributed by atoms with Gasteiger partial charge in [0.1, 0.15) is 18.1 Å². The maximum absolute atomic E-state index is 12.9. The van der Waals surface area contributed by atoms with Gasteiger partial charge in [0.05, 0.1) is 18.8 Å². The number of hydrogen-bond acceptors (Lipinski definition) is 7. The normalized spacial score (nSPS) is 15.5. The minimum Gasteiger partial charge on any atom is -0.481 e. The van der Waals surface area contributed by atoms with Crippen molar-refractivity contribution in [2.24, 2.45) is 17.6 Å². The molecule has 1 heterocycles. The Hall–Kier alpha value is -3.48. The van der Waals surface area contributed by atoms with E-state index < -0.39 is 66.2 Å². The number of aromatic amines is 1. The van der Waals surface area contributed by atoms with Crippen LogP contribution in [0.1, 0.15) is 46.2 Å². The van der Waals surface area contributed by atoms with Crippen molar-refractivity contribution < 1.29 is 34.2 Å². The summed E-state index contributed by atoms with van der Waals surface area (Å²) >= 11 is 0. The smallest absolute Gasteiger partial charge is 0.326 e. The molecule has 1 rings (SSSR count). The maximum atomic E-state index is 12.9. The second-order valence-electron chi connectivity index (χ2n) is 8.48. The average Bonchev–Trinajstić information content (AvgIpc) is 3.27. The SMILES string of the molecule is CCC(C)C(N)C(=O)NC(CC(=O)O)C(=O)NC(Cc1cnc[nH]1)C(=O)NC(C(=O)O)C(C)C. The third-order valence-electron chi connectivity index (χ3n) is 5.41. The van der Waals surface area contributed by atoms with Crippen molar-refractivity contribution in [1.82, 2.24) is 25.9 Å². The van der Waals surface area contributed by atoms with E-state index in [0.29, 0.717) is 12.1 Å². The van der Waals surface area contributed by atoms with Crippen LogP contribution in [0.5, 0.6) is 0 Å². The highest BCUT2D eigenvalue weighted by atomic mass is 16.4. The molecule has 0 aliphatic carbocycles. The van der Waals surface area contributed by atoms with Crippen molar-refractivity contribution in [3.05, 3.63) is 18.2 Å². The van der Waals surface area contributed by atoms with Gasteiger partial charge in [-0.25, -0.2) is 9.78 Å². The number of rotatable bonds is 14. The molecular formula is C21H34N6O7. The first-order valence-corrected chi connectivity index (χ1v) is 11.0. The number of H-pyrrole nitrogens is 1. The predicted octanol–water partition coefficient (Wildman–Crippen LogP) is -1.00. The van der Waals surface area contributed by atoms with Gasteiger partial charge in [-0.2, -0.15) is 0 Å². The second kappa shape index (κ2) is 13.3. The van der Waals surface area contributed by atoms with Crippen molar-refractivity contribution in [1.29, 1.82) is 0 Å². The van der Waals surface area contributed by atoms with Crippen LogP contribution in [-0.4, -0.2) is 74.0 Å². The standard InChI is InChI=1S/C21H34N6O7/c1-5-11(4)16(22)20(32)26-14(7-15(28)29)18(30)25-13(6-12-8-23-9-24-12)19(31)27-17(10(2)3)21(33)34/h8-11,13-14,16-17H,5-7,22H2,1-4H3,(H,23,24)(H,25,30)(H,26,32)(H,27,31)(H,28,29)(H,33,34). The summed E-state index contributed by atoms with van der Waals surface area (Å²) in [5.41, 5.74) is 6.35. The quantitative estimate of drug-likeness (QED) is 0.173. The van der Waals surface area contributed by atoms with Gasteiger partial charge in [0.2, 0.25) is 17.7 Å². The summed E-state index contributed by atoms with van der Waals surface area (Å²) in [4.78, 5) is 67.7. The minimum atomic E-state index is -1.50. The number of nitrogens with two attached hydrogens (primary N) is 1. The highest BCUT2D eigenvalue weighted by Gasteiger charge is 2.33. The summed E-state index contributed by atoms with van der Waals surface area (Å²) in [6, 6.07) is -4.94. The molecule has 190 valence electrons. The van der Waals surface area contributed by atoms with Crippen LogP contribution < -0.4 is 21.7 Å². The number of nitrogens with one attached hydrogen (secondary N) is 4. The molecule has 34 heavy (non-hydrogen) atoms. The van der Waals surface area contributed by atoms with Gasteiger partial charge in [0.25, 0.3) is 0 Å². The molecule has 0 bridgehead atoms. The Morgan fingerprint density at radius 2 is 1.59 bits per heavy atom. The third kappa shape index (κ3) is 8.81. The first-order valence-electron chi connectivity index (χ1n) is 11.0. The number of imidazole rings is 1. The molecule has 1 aromatic heterocycles. The topological polar surface area (TPSA) is 217 Å². The molecule has 5 unspecified atom stereocenters. The highest BCUT2D eigenvalue weighted by Crippen LogP contribution is 2.08. The van der Waals surface area contributed by atoms with E-state index in [-0.39, 0.29) is 12.3 Å². The molecule has 5 atom stereocenters. The Morgan fingerprint density at radius 3 is 2.06 bits per heavy atom. The van der Waals surface area contributed by atoms with Crippen molar-refractivity contribution in [3.8, 4) is 0 Å². The van der Waals surface area contributed by atoms with Gasteiger partial charge in [-0.1, -0.05) is 34.1 Å². The van der Waals surface area contributed by atoms with Gasteiger partial charge in [-0.05, 0) is 11.8 Å². The molecule has 0 aromatic carbocycles. The van der Waals surface area contributed by atoms with Crippen LogP contribution in [0.3, 0.4) is 0 Å². The first kappa shape index (κ1) is 28.6. The second-order valence-corrected chi connectivity index (χ2v) is 8.48. The molecule has 0 aliphatic heterocycles. The largest absolute Gasteiger partial charge is 0.481 e. The summed E-state index contributed by atoms with van der Waals surface area (Å²) in [5, 5.41) is 25.7. The summed E-state index contributed by atoms with van der Waals surface area (Å²) in [6.07, 6.45) is 2.56. The minimum absolute atomic E-state index is 0.0812. The molecule has 1 aromatic rings. The van der Waals surface area contributed by atoms with E-state index in [9.17, 15) is 34.2 Å². The summed E-state index contributed by atoms with van der Waals surface area (Å²) in [7, 11) is 0. The lowest BCUT2D eigenvalue weighted by atomic mass is 9.99. The molecule has 0 radical (unpaired) electrons. The van der Waals surface area contributed by atoms with E-state index in [1.54, 1.807) is 20.8 Å². The number of carboxylic acid groups (broad SMARTS) is 2. The van der Waals surface area contributed by atoms with Crippen LogP contribution >= 0.6 is 0 Å². The summed E-state index contributed by atoms with van der Waals surface area (Å²) in [5.74, 6) is -5.66. The lowest BCUT2D eigenvalue weighted by Crippen LogP contribution is -2.58. The Kier molecular flexibility index (Phi) is 11.2. The zero-order valence-electron chi connectivity index (χ0n) is 19.7. The van der Waals surface area contributed by atoms with Crippen LogP contribution in [0.4, 0.5) is 0 Å². The maximum Gasteiger partial charge on any atom is 0.326 e. The molecule has 13 heteroatoms. The van der Waals surface area contributed by atoms with E-state index in [1.165, 1.54) is 12.5 Å². The average molecular weight is 483 g/mol. The molecule has 8 N–H and O–H groups in total. The van der Waals surface area contributed by atoms with Crippen LogP contribution in [0.25, 0.3) is 0 Å². The highest BCUT2D eigenvalue weighted by molar-refractivity contribution is 5.95. The van der Waals surface area contributed by atoms with Crippen LogP contribution in [0, 0.1) is 11.8 Å². The Morgan fingerprint density at radius 1 is 1.00 bits per heavy atom. The number of carbonyl (C=O) groups excluding carboxylic acids is 3. The van der Waals surface area contributed by atoms with Gasteiger partial charge in [-0.3, -0.25) is 19.2 Å². The van der Waals surface area contributed by atoms with E-state index in [0.717, 1.165) is 0 Å². The Labute approximate surface area is 197 Å². The van der Waals surface area contributed by atoms with Crippen molar-refractivity contribution in [2.45, 2.75) is 71.1 Å². The number of aliphatic carboxylic acids is 2. The zero-order valence-corrected chi connectivity index (χ0v) is 19.7. The van der Waals surface area contributed by atoms with E-state index >= 15 is 0 Å². The van der Waals surface area contributed by atoms with Crippen LogP contribution in [0.2, 0.25) is 0 Å². The number of carbonyl (C=O) groups is 5. The van der Waals surface area contributed by atoms with Gasteiger partial charge in [-0.15, -0.1) is 0 Å². The fourth-order valence-electron chi connectivity index (χ4n) is 3.03. The Bertz CT molecular complexity index is 858. The molecule has 0 aliphatic rings. The predicted molar refractivity (Wildman–Crippen MR) is 120 cm³/mol. The number of nitrogens with zero attached hydrogens (tertiary/aromatic N) is 1. The van der Waals surface area contributed by atoms with Crippen molar-refractivity contribution in [3.63, 3.8) is 0 Å². The molecular weight excluding hydrogens is 448 g/mol. The molecule has 0 fully saturated rings. The molecule has 0 saturated carbocycles. The number of carboxylic acids is 2. The van der Waals surface area contributed by atoms with E-state index in [4.69, 9.17) is 5.73 Å². The number of aromatic nitrogens is 2. The van der Waals surface area contributed by atoms with Crippen molar-refractivity contribution in [2.75, 3.05) is 0 Å². The monoisotopic (exact) mass is 482 g/mol. The van der Waals surface area contributed by atoms with Crippen LogP contribution in [-0.2, 0) is 30.4 Å². The third-order valence-corrected chi connectivity index (χ3v) is 5.41. The van der Waals surface area contributed by atoms with E-state index in [2.05, 4.69) is 25.9 Å². The summed E-state index contributed by atoms with van der Waals surface area (Å²) < 4.78 is 0. The lowest BCUT2D eigenvalue weighted by molar-refractivity contribution is -0.144.